The Morgan fingerprint density at radius 1 is 1.09 bits per heavy atom. The Balaban J connectivity index is 1.22. The van der Waals surface area contributed by atoms with Crippen molar-refractivity contribution in [2.75, 3.05) is 31.5 Å². The van der Waals surface area contributed by atoms with Crippen LogP contribution in [-0.4, -0.2) is 63.9 Å². The third-order valence-electron chi connectivity index (χ3n) is 5.30. The smallest absolute Gasteiger partial charge is 0.228 e. The summed E-state index contributed by atoms with van der Waals surface area (Å²) in [5.41, 5.74) is 0. The Bertz CT molecular complexity index is 580. The summed E-state index contributed by atoms with van der Waals surface area (Å²) in [6.45, 7) is 4.68. The topological polar surface area (TPSA) is 61.4 Å². The Hall–Kier alpha value is -1.24. The number of nitrogens with one attached hydrogen (secondary N) is 1. The molecule has 1 aliphatic heterocycles. The van der Waals surface area contributed by atoms with E-state index >= 15 is 0 Å². The van der Waals surface area contributed by atoms with Crippen molar-refractivity contribution >= 4 is 23.3 Å². The van der Waals surface area contributed by atoms with Gasteiger partial charge in [-0.25, -0.2) is 9.97 Å². The van der Waals surface area contributed by atoms with Crippen molar-refractivity contribution in [1.29, 1.82) is 0 Å². The molecule has 0 aromatic carbocycles. The van der Waals surface area contributed by atoms with E-state index in [1.807, 2.05) is 0 Å². The molecular weight excluding hydrogens is 314 g/mol. The van der Waals surface area contributed by atoms with Crippen molar-refractivity contribution < 1.29 is 4.79 Å². The van der Waals surface area contributed by atoms with Gasteiger partial charge in [-0.2, -0.15) is 0 Å². The summed E-state index contributed by atoms with van der Waals surface area (Å²) in [5.74, 6) is 0.624. The average Bonchev–Trinajstić information content (AvgIpc) is 3.31. The first-order valence-corrected chi connectivity index (χ1v) is 8.83. The number of carbonyl (C=O) groups is 1. The number of nitrogens with zero attached hydrogens (tertiary/aromatic N) is 4. The molecule has 0 unspecified atom stereocenters. The number of carbonyl (C=O) groups excluding carboxylic acids is 1. The van der Waals surface area contributed by atoms with Crippen LogP contribution < -0.4 is 5.32 Å². The van der Waals surface area contributed by atoms with Crippen molar-refractivity contribution in [3.8, 4) is 0 Å². The molecule has 0 spiro atoms. The Morgan fingerprint density at radius 3 is 2.35 bits per heavy atom. The number of hydrogen-bond donors (Lipinski definition) is 1. The zero-order chi connectivity index (χ0) is 15.8. The lowest BCUT2D eigenvalue weighted by atomic mass is 9.78. The van der Waals surface area contributed by atoms with Gasteiger partial charge in [-0.15, -0.1) is 0 Å². The zero-order valence-corrected chi connectivity index (χ0v) is 13.9. The molecule has 1 saturated heterocycles. The first-order chi connectivity index (χ1) is 11.2. The second kappa shape index (κ2) is 6.34. The van der Waals surface area contributed by atoms with E-state index in [-0.39, 0.29) is 11.8 Å². The fourth-order valence-corrected chi connectivity index (χ4v) is 3.78. The van der Waals surface area contributed by atoms with E-state index in [1.54, 1.807) is 6.07 Å². The molecule has 1 aromatic heterocycles. The number of piperazine rings is 1. The number of hydrogen-bond acceptors (Lipinski definition) is 5. The zero-order valence-electron chi connectivity index (χ0n) is 13.1. The monoisotopic (exact) mass is 335 g/mol. The van der Waals surface area contributed by atoms with Crippen molar-refractivity contribution in [3.05, 3.63) is 17.5 Å². The summed E-state index contributed by atoms with van der Waals surface area (Å²) in [5, 5.41) is 3.18. The average molecular weight is 336 g/mol. The predicted molar refractivity (Wildman–Crippen MR) is 88.4 cm³/mol. The minimum Gasteiger partial charge on any atom is -0.310 e. The first kappa shape index (κ1) is 15.3. The maximum atomic E-state index is 12.2. The highest BCUT2D eigenvalue weighted by atomic mass is 35.5. The van der Waals surface area contributed by atoms with Crippen LogP contribution in [0.2, 0.25) is 5.15 Å². The summed E-state index contributed by atoms with van der Waals surface area (Å²) in [6, 6.07) is 3.02. The molecule has 124 valence electrons. The molecule has 0 bridgehead atoms. The SMILES string of the molecule is O=C(Nc1cc(Cl)ncn1)C1CC(N2CCN(C3CC3)CC2)C1. The van der Waals surface area contributed by atoms with Gasteiger partial charge in [0.15, 0.2) is 0 Å². The molecule has 0 atom stereocenters. The maximum Gasteiger partial charge on any atom is 0.228 e. The van der Waals surface area contributed by atoms with E-state index in [4.69, 9.17) is 11.6 Å². The van der Waals surface area contributed by atoms with Gasteiger partial charge in [0.2, 0.25) is 5.91 Å². The standard InChI is InChI=1S/C16H22ClN5O/c17-14-9-15(19-10-18-14)20-16(23)11-7-13(8-11)22-5-3-21(4-6-22)12-1-2-12/h9-13H,1-8H2,(H,18,19,20,23). The van der Waals surface area contributed by atoms with Gasteiger partial charge in [-0.1, -0.05) is 11.6 Å². The van der Waals surface area contributed by atoms with E-state index in [0.717, 1.165) is 32.0 Å². The molecule has 23 heavy (non-hydrogen) atoms. The molecule has 2 heterocycles. The fraction of sp³-hybridized carbons (Fsp3) is 0.688. The van der Waals surface area contributed by atoms with Crippen LogP contribution in [0.25, 0.3) is 0 Å². The lowest BCUT2D eigenvalue weighted by Crippen LogP contribution is -2.55. The molecule has 0 radical (unpaired) electrons. The Kier molecular flexibility index (Phi) is 4.22. The van der Waals surface area contributed by atoms with Gasteiger partial charge in [0.1, 0.15) is 17.3 Å². The van der Waals surface area contributed by atoms with Gasteiger partial charge in [0, 0.05) is 50.2 Å². The summed E-state index contributed by atoms with van der Waals surface area (Å²) >= 11 is 5.81. The maximum absolute atomic E-state index is 12.2. The van der Waals surface area contributed by atoms with Crippen molar-refractivity contribution in [3.63, 3.8) is 0 Å². The normalized spacial score (nSPS) is 29.1. The van der Waals surface area contributed by atoms with E-state index in [9.17, 15) is 4.79 Å². The van der Waals surface area contributed by atoms with Crippen LogP contribution in [0.15, 0.2) is 12.4 Å². The highest BCUT2D eigenvalue weighted by Crippen LogP contribution is 2.34. The predicted octanol–water partition coefficient (Wildman–Crippen LogP) is 1.63. The minimum absolute atomic E-state index is 0.0487. The van der Waals surface area contributed by atoms with E-state index in [2.05, 4.69) is 25.1 Å². The van der Waals surface area contributed by atoms with Gasteiger partial charge in [-0.05, 0) is 25.7 Å². The number of rotatable bonds is 4. The molecule has 6 nitrogen and oxygen atoms in total. The van der Waals surface area contributed by atoms with Gasteiger partial charge in [0.25, 0.3) is 0 Å². The molecule has 1 N–H and O–H groups in total. The van der Waals surface area contributed by atoms with Gasteiger partial charge in [-0.3, -0.25) is 14.6 Å². The van der Waals surface area contributed by atoms with Crippen LogP contribution >= 0.6 is 11.6 Å². The van der Waals surface area contributed by atoms with Gasteiger partial charge in [0.05, 0.1) is 0 Å². The highest BCUT2D eigenvalue weighted by Gasteiger charge is 2.40. The number of amides is 1. The molecule has 7 heteroatoms. The van der Waals surface area contributed by atoms with Crippen LogP contribution in [0.3, 0.4) is 0 Å². The first-order valence-electron chi connectivity index (χ1n) is 8.45. The lowest BCUT2D eigenvalue weighted by molar-refractivity contribution is -0.124. The van der Waals surface area contributed by atoms with Crippen LogP contribution in [0.4, 0.5) is 5.82 Å². The lowest BCUT2D eigenvalue weighted by Gasteiger charge is -2.46. The third kappa shape index (κ3) is 3.49. The minimum atomic E-state index is 0.0487. The Labute approximate surface area is 141 Å². The number of halogens is 1. The number of aromatic nitrogens is 2. The van der Waals surface area contributed by atoms with Gasteiger partial charge < -0.3 is 5.32 Å². The summed E-state index contributed by atoms with van der Waals surface area (Å²) in [7, 11) is 0. The van der Waals surface area contributed by atoms with Crippen LogP contribution in [-0.2, 0) is 4.79 Å². The molecule has 4 rings (SSSR count). The number of anilines is 1. The van der Waals surface area contributed by atoms with Crippen molar-refractivity contribution in [1.82, 2.24) is 19.8 Å². The molecule has 2 saturated carbocycles. The van der Waals surface area contributed by atoms with Crippen molar-refractivity contribution in [2.24, 2.45) is 5.92 Å². The van der Waals surface area contributed by atoms with E-state index in [1.165, 1.54) is 32.3 Å². The van der Waals surface area contributed by atoms with E-state index < -0.39 is 0 Å². The highest BCUT2D eigenvalue weighted by molar-refractivity contribution is 6.29. The van der Waals surface area contributed by atoms with E-state index in [0.29, 0.717) is 17.0 Å². The van der Waals surface area contributed by atoms with Crippen LogP contribution in [0.5, 0.6) is 0 Å². The molecule has 1 aromatic rings. The summed E-state index contributed by atoms with van der Waals surface area (Å²) in [6.07, 6.45) is 6.04. The van der Waals surface area contributed by atoms with Crippen LogP contribution in [0.1, 0.15) is 25.7 Å². The summed E-state index contributed by atoms with van der Waals surface area (Å²) < 4.78 is 0. The Morgan fingerprint density at radius 2 is 1.74 bits per heavy atom. The third-order valence-corrected chi connectivity index (χ3v) is 5.50. The summed E-state index contributed by atoms with van der Waals surface area (Å²) in [4.78, 5) is 25.3. The molecule has 1 amide bonds. The second-order valence-electron chi connectivity index (χ2n) is 6.84. The largest absolute Gasteiger partial charge is 0.310 e. The van der Waals surface area contributed by atoms with Gasteiger partial charge >= 0.3 is 0 Å². The van der Waals surface area contributed by atoms with Crippen molar-refractivity contribution in [2.45, 2.75) is 37.8 Å². The molecule has 3 fully saturated rings. The quantitative estimate of drug-likeness (QED) is 0.847. The molecule has 3 aliphatic rings. The molecular formula is C16H22ClN5O. The molecule has 2 aliphatic carbocycles. The fourth-order valence-electron chi connectivity index (χ4n) is 3.64. The second-order valence-corrected chi connectivity index (χ2v) is 7.23. The van der Waals surface area contributed by atoms with Crippen LogP contribution in [0, 0.1) is 5.92 Å².